The van der Waals surface area contributed by atoms with Gasteiger partial charge in [0, 0.05) is 12.5 Å². The lowest BCUT2D eigenvalue weighted by Gasteiger charge is -2.04. The molecule has 1 fully saturated rings. The lowest BCUT2D eigenvalue weighted by Crippen LogP contribution is -1.99. The van der Waals surface area contributed by atoms with Crippen LogP contribution < -0.4 is 5.73 Å². The molecule has 19 heavy (non-hydrogen) atoms. The topological polar surface area (TPSA) is 38.9 Å². The van der Waals surface area contributed by atoms with Gasteiger partial charge < -0.3 is 5.73 Å². The van der Waals surface area contributed by atoms with Crippen LogP contribution in [-0.2, 0) is 6.54 Å². The highest BCUT2D eigenvalue weighted by molar-refractivity contribution is 7.15. The van der Waals surface area contributed by atoms with Crippen molar-refractivity contribution in [2.24, 2.45) is 11.7 Å². The highest BCUT2D eigenvalue weighted by Crippen LogP contribution is 2.42. The third kappa shape index (κ3) is 2.58. The van der Waals surface area contributed by atoms with Gasteiger partial charge in [0.05, 0.1) is 15.6 Å². The summed E-state index contributed by atoms with van der Waals surface area (Å²) in [6.07, 6.45) is 3.90. The third-order valence-corrected chi connectivity index (χ3v) is 5.30. The minimum absolute atomic E-state index is 0.531. The van der Waals surface area contributed by atoms with Crippen LogP contribution >= 0.6 is 11.3 Å². The van der Waals surface area contributed by atoms with Gasteiger partial charge in [-0.15, -0.1) is 11.3 Å². The average Bonchev–Trinajstić information content (AvgIpc) is 3.05. The van der Waals surface area contributed by atoms with Crippen molar-refractivity contribution in [2.45, 2.75) is 38.6 Å². The number of thiazole rings is 1. The van der Waals surface area contributed by atoms with Gasteiger partial charge in [-0.3, -0.25) is 0 Å². The van der Waals surface area contributed by atoms with Gasteiger partial charge in [-0.25, -0.2) is 4.98 Å². The summed E-state index contributed by atoms with van der Waals surface area (Å²) in [4.78, 5) is 6.08. The Kier molecular flexibility index (Phi) is 3.67. The van der Waals surface area contributed by atoms with Crippen molar-refractivity contribution in [3.63, 3.8) is 0 Å². The highest BCUT2D eigenvalue weighted by Gasteiger charge is 2.26. The summed E-state index contributed by atoms with van der Waals surface area (Å²) < 4.78 is 0. The zero-order chi connectivity index (χ0) is 13.2. The number of nitrogens with two attached hydrogens (primary N) is 1. The second-order valence-electron chi connectivity index (χ2n) is 5.51. The molecule has 2 unspecified atom stereocenters. The van der Waals surface area contributed by atoms with Crippen molar-refractivity contribution < 1.29 is 0 Å². The lowest BCUT2D eigenvalue weighted by atomic mass is 10.1. The summed E-state index contributed by atoms with van der Waals surface area (Å²) in [6.45, 7) is 2.87. The van der Waals surface area contributed by atoms with Crippen molar-refractivity contribution in [2.75, 3.05) is 0 Å². The number of rotatable bonds is 3. The molecule has 1 aliphatic rings. The van der Waals surface area contributed by atoms with Gasteiger partial charge in [-0.1, -0.05) is 43.7 Å². The quantitative estimate of drug-likeness (QED) is 0.910. The van der Waals surface area contributed by atoms with E-state index in [1.807, 2.05) is 17.4 Å². The molecular weight excluding hydrogens is 252 g/mol. The Morgan fingerprint density at radius 2 is 2.05 bits per heavy atom. The van der Waals surface area contributed by atoms with E-state index in [1.54, 1.807) is 0 Å². The predicted octanol–water partition coefficient (Wildman–Crippen LogP) is 4.17. The van der Waals surface area contributed by atoms with Gasteiger partial charge in [0.2, 0.25) is 0 Å². The second-order valence-corrected chi connectivity index (χ2v) is 6.54. The SMILES string of the molecule is CC1CCC(c2nc(CN)c(-c3ccccc3)s2)C1. The van der Waals surface area contributed by atoms with Crippen LogP contribution in [0.2, 0.25) is 0 Å². The van der Waals surface area contributed by atoms with E-state index in [0.29, 0.717) is 12.5 Å². The van der Waals surface area contributed by atoms with E-state index in [9.17, 15) is 0 Å². The summed E-state index contributed by atoms with van der Waals surface area (Å²) in [6, 6.07) is 10.5. The zero-order valence-electron chi connectivity index (χ0n) is 11.3. The molecule has 1 heterocycles. The van der Waals surface area contributed by atoms with Crippen LogP contribution in [-0.4, -0.2) is 4.98 Å². The molecule has 0 radical (unpaired) electrons. The minimum atomic E-state index is 0.531. The van der Waals surface area contributed by atoms with Crippen LogP contribution in [0.3, 0.4) is 0 Å². The summed E-state index contributed by atoms with van der Waals surface area (Å²) in [7, 11) is 0. The largest absolute Gasteiger partial charge is 0.325 e. The molecule has 0 bridgehead atoms. The fourth-order valence-electron chi connectivity index (χ4n) is 2.93. The van der Waals surface area contributed by atoms with Gasteiger partial charge in [-0.05, 0) is 24.3 Å². The first-order valence-electron chi connectivity index (χ1n) is 7.03. The van der Waals surface area contributed by atoms with E-state index in [-0.39, 0.29) is 0 Å². The molecule has 100 valence electrons. The molecule has 1 aliphatic carbocycles. The fraction of sp³-hybridized carbons (Fsp3) is 0.438. The molecule has 2 nitrogen and oxygen atoms in total. The molecule has 3 rings (SSSR count). The molecule has 2 aromatic rings. The summed E-state index contributed by atoms with van der Waals surface area (Å²) in [5.74, 6) is 1.50. The normalized spacial score (nSPS) is 22.8. The van der Waals surface area contributed by atoms with Gasteiger partial charge in [0.1, 0.15) is 0 Å². The maximum Gasteiger partial charge on any atom is 0.0966 e. The van der Waals surface area contributed by atoms with Crippen molar-refractivity contribution in [3.8, 4) is 10.4 Å². The van der Waals surface area contributed by atoms with Gasteiger partial charge in [-0.2, -0.15) is 0 Å². The van der Waals surface area contributed by atoms with Gasteiger partial charge in [0.25, 0.3) is 0 Å². The Morgan fingerprint density at radius 3 is 2.68 bits per heavy atom. The van der Waals surface area contributed by atoms with Crippen LogP contribution in [0, 0.1) is 5.92 Å². The molecule has 1 aromatic heterocycles. The molecule has 0 amide bonds. The van der Waals surface area contributed by atoms with Crippen LogP contribution in [0.5, 0.6) is 0 Å². The van der Waals surface area contributed by atoms with Gasteiger partial charge >= 0.3 is 0 Å². The molecule has 2 atom stereocenters. The molecule has 1 saturated carbocycles. The van der Waals surface area contributed by atoms with E-state index in [2.05, 4.69) is 31.2 Å². The van der Waals surface area contributed by atoms with E-state index in [4.69, 9.17) is 10.7 Å². The average molecular weight is 272 g/mol. The molecular formula is C16H20N2S. The van der Waals surface area contributed by atoms with E-state index >= 15 is 0 Å². The van der Waals surface area contributed by atoms with Crippen LogP contribution in [0.25, 0.3) is 10.4 Å². The van der Waals surface area contributed by atoms with E-state index < -0.39 is 0 Å². The van der Waals surface area contributed by atoms with Crippen molar-refractivity contribution in [3.05, 3.63) is 41.0 Å². The lowest BCUT2D eigenvalue weighted by molar-refractivity contribution is 0.595. The van der Waals surface area contributed by atoms with Crippen LogP contribution in [0.4, 0.5) is 0 Å². The fourth-order valence-corrected chi connectivity index (χ4v) is 4.18. The summed E-state index contributed by atoms with van der Waals surface area (Å²) in [5, 5.41) is 1.30. The van der Waals surface area contributed by atoms with Crippen LogP contribution in [0.1, 0.15) is 42.8 Å². The Hall–Kier alpha value is -1.19. The zero-order valence-corrected chi connectivity index (χ0v) is 12.1. The standard InChI is InChI=1S/C16H20N2S/c1-11-7-8-13(9-11)16-18-14(10-17)15(19-16)12-5-3-2-4-6-12/h2-6,11,13H,7-10,17H2,1H3. The van der Waals surface area contributed by atoms with Gasteiger partial charge in [0.15, 0.2) is 0 Å². The maximum absolute atomic E-state index is 5.87. The summed E-state index contributed by atoms with van der Waals surface area (Å²) in [5.41, 5.74) is 8.18. The number of aromatic nitrogens is 1. The van der Waals surface area contributed by atoms with E-state index in [1.165, 1.54) is 34.7 Å². The van der Waals surface area contributed by atoms with Crippen LogP contribution in [0.15, 0.2) is 30.3 Å². The number of nitrogens with zero attached hydrogens (tertiary/aromatic N) is 1. The van der Waals surface area contributed by atoms with Crippen molar-refractivity contribution in [1.29, 1.82) is 0 Å². The van der Waals surface area contributed by atoms with Crippen molar-refractivity contribution >= 4 is 11.3 Å². The van der Waals surface area contributed by atoms with E-state index in [0.717, 1.165) is 11.6 Å². The van der Waals surface area contributed by atoms with Crippen molar-refractivity contribution in [1.82, 2.24) is 4.98 Å². The summed E-state index contributed by atoms with van der Waals surface area (Å²) >= 11 is 1.85. The minimum Gasteiger partial charge on any atom is -0.325 e. The number of hydrogen-bond acceptors (Lipinski definition) is 3. The monoisotopic (exact) mass is 272 g/mol. The Labute approximate surface area is 118 Å². The number of benzene rings is 1. The Bertz CT molecular complexity index is 547. The second kappa shape index (κ2) is 5.43. The number of hydrogen-bond donors (Lipinski definition) is 1. The molecule has 2 N–H and O–H groups in total. The maximum atomic E-state index is 5.87. The third-order valence-electron chi connectivity index (χ3n) is 3.99. The molecule has 1 aromatic carbocycles. The predicted molar refractivity (Wildman–Crippen MR) is 81.2 cm³/mol. The Morgan fingerprint density at radius 1 is 1.26 bits per heavy atom. The first-order valence-corrected chi connectivity index (χ1v) is 7.84. The molecule has 0 spiro atoms. The first-order chi connectivity index (χ1) is 9.28. The molecule has 0 aliphatic heterocycles. The molecule has 3 heteroatoms. The highest BCUT2D eigenvalue weighted by atomic mass is 32.1. The Balaban J connectivity index is 1.95. The molecule has 0 saturated heterocycles. The first kappa shape index (κ1) is 12.8. The smallest absolute Gasteiger partial charge is 0.0966 e.